The zero-order valence-corrected chi connectivity index (χ0v) is 26.2. The fourth-order valence-corrected chi connectivity index (χ4v) is 7.13. The second-order valence-electron chi connectivity index (χ2n) is 14.0. The van der Waals surface area contributed by atoms with Crippen molar-refractivity contribution in [2.45, 2.75) is 77.7 Å². The standard InChI is InChI=1S/C34H51N5O3/c1-34(2,3)42-33(41)36-23-25-11-9-24(10-12-25)22-35-32(40)29-21-31(37-30-8-6-5-7-28(29)30)39-19-15-27(16-20-39)26-13-17-38(4)18-14-26/h5-8,21,24-27H,9-20,22-23H2,1-4H3,(H,35,40)(H,36,41). The molecule has 2 aliphatic heterocycles. The maximum absolute atomic E-state index is 13.6. The summed E-state index contributed by atoms with van der Waals surface area (Å²) >= 11 is 0. The van der Waals surface area contributed by atoms with E-state index in [0.29, 0.717) is 24.9 Å². The highest BCUT2D eigenvalue weighted by molar-refractivity contribution is 6.07. The number of rotatable bonds is 7. The van der Waals surface area contributed by atoms with E-state index in [4.69, 9.17) is 9.72 Å². The lowest BCUT2D eigenvalue weighted by Crippen LogP contribution is -2.40. The van der Waals surface area contributed by atoms with Crippen LogP contribution in [0, 0.1) is 23.7 Å². The summed E-state index contributed by atoms with van der Waals surface area (Å²) in [5.74, 6) is 3.49. The van der Waals surface area contributed by atoms with Gasteiger partial charge >= 0.3 is 6.09 Å². The van der Waals surface area contributed by atoms with E-state index in [1.165, 1.54) is 38.8 Å². The second-order valence-corrected chi connectivity index (χ2v) is 14.0. The second kappa shape index (κ2) is 13.6. The number of hydrogen-bond donors (Lipinski definition) is 2. The van der Waals surface area contributed by atoms with E-state index >= 15 is 0 Å². The van der Waals surface area contributed by atoms with E-state index in [2.05, 4.69) is 27.5 Å². The molecule has 1 aromatic carbocycles. The van der Waals surface area contributed by atoms with Crippen LogP contribution in [-0.2, 0) is 4.74 Å². The van der Waals surface area contributed by atoms with Crippen molar-refractivity contribution < 1.29 is 14.3 Å². The van der Waals surface area contributed by atoms with Crippen LogP contribution in [0.2, 0.25) is 0 Å². The van der Waals surface area contributed by atoms with Crippen molar-refractivity contribution in [2.24, 2.45) is 23.7 Å². The first kappa shape index (κ1) is 30.6. The summed E-state index contributed by atoms with van der Waals surface area (Å²) < 4.78 is 5.36. The van der Waals surface area contributed by atoms with Gasteiger partial charge in [0.05, 0.1) is 11.1 Å². The van der Waals surface area contributed by atoms with Gasteiger partial charge in [0.2, 0.25) is 0 Å². The van der Waals surface area contributed by atoms with E-state index in [0.717, 1.165) is 72.9 Å². The number of pyridine rings is 1. The number of fused-ring (bicyclic) bond motifs is 1. The average molecular weight is 578 g/mol. The highest BCUT2D eigenvalue weighted by atomic mass is 16.6. The number of benzene rings is 1. The first-order chi connectivity index (χ1) is 20.1. The van der Waals surface area contributed by atoms with Gasteiger partial charge in [-0.3, -0.25) is 4.79 Å². The maximum atomic E-state index is 13.6. The van der Waals surface area contributed by atoms with Gasteiger partial charge in [-0.1, -0.05) is 18.2 Å². The lowest BCUT2D eigenvalue weighted by Gasteiger charge is -2.40. The molecule has 42 heavy (non-hydrogen) atoms. The van der Waals surface area contributed by atoms with Crippen LogP contribution in [0.5, 0.6) is 0 Å². The van der Waals surface area contributed by atoms with Crippen molar-refractivity contribution in [2.75, 3.05) is 51.2 Å². The van der Waals surface area contributed by atoms with Gasteiger partial charge < -0.3 is 25.2 Å². The highest BCUT2D eigenvalue weighted by Crippen LogP contribution is 2.34. The van der Waals surface area contributed by atoms with Gasteiger partial charge in [0.15, 0.2) is 0 Å². The van der Waals surface area contributed by atoms with Gasteiger partial charge in [-0.05, 0) is 128 Å². The third kappa shape index (κ3) is 8.15. The number of piperidine rings is 2. The number of carbonyl (C=O) groups excluding carboxylic acids is 2. The number of alkyl carbamates (subject to hydrolysis) is 1. The Balaban J connectivity index is 1.14. The molecule has 0 unspecified atom stereocenters. The van der Waals surface area contributed by atoms with Gasteiger partial charge in [-0.25, -0.2) is 9.78 Å². The van der Waals surface area contributed by atoms with Crippen LogP contribution in [0.15, 0.2) is 30.3 Å². The van der Waals surface area contributed by atoms with Crippen molar-refractivity contribution in [1.82, 2.24) is 20.5 Å². The Bertz CT molecular complexity index is 1200. The van der Waals surface area contributed by atoms with E-state index < -0.39 is 5.60 Å². The molecule has 0 radical (unpaired) electrons. The molecule has 5 rings (SSSR count). The molecule has 3 aliphatic rings. The molecule has 2 N–H and O–H groups in total. The third-order valence-electron chi connectivity index (χ3n) is 9.69. The summed E-state index contributed by atoms with van der Waals surface area (Å²) in [5, 5.41) is 7.09. The molecule has 2 aromatic rings. The number of nitrogens with zero attached hydrogens (tertiary/aromatic N) is 3. The summed E-state index contributed by atoms with van der Waals surface area (Å²) in [6.07, 6.45) is 8.92. The molecule has 2 saturated heterocycles. The number of hydrogen-bond acceptors (Lipinski definition) is 6. The molecule has 2 amide bonds. The van der Waals surface area contributed by atoms with E-state index in [-0.39, 0.29) is 12.0 Å². The van der Waals surface area contributed by atoms with E-state index in [9.17, 15) is 9.59 Å². The number of aromatic nitrogens is 1. The highest BCUT2D eigenvalue weighted by Gasteiger charge is 2.30. The molecule has 1 aliphatic carbocycles. The fourth-order valence-electron chi connectivity index (χ4n) is 7.13. The summed E-state index contributed by atoms with van der Waals surface area (Å²) in [5.41, 5.74) is 1.13. The number of nitrogens with one attached hydrogen (secondary N) is 2. The zero-order chi connectivity index (χ0) is 29.7. The molecule has 0 spiro atoms. The quantitative estimate of drug-likeness (QED) is 0.429. The minimum absolute atomic E-state index is 0.00947. The monoisotopic (exact) mass is 577 g/mol. The van der Waals surface area contributed by atoms with Crippen molar-refractivity contribution in [1.29, 1.82) is 0 Å². The fraction of sp³-hybridized carbons (Fsp3) is 0.676. The topological polar surface area (TPSA) is 86.8 Å². The lowest BCUT2D eigenvalue weighted by atomic mass is 9.79. The molecule has 0 bridgehead atoms. The SMILES string of the molecule is CN1CCC(C2CCN(c3cc(C(=O)NCC4CCC(CNC(=O)OC(C)(C)C)CC4)c4ccccc4n3)CC2)CC1. The minimum Gasteiger partial charge on any atom is -0.444 e. The predicted molar refractivity (Wildman–Crippen MR) is 169 cm³/mol. The van der Waals surface area contributed by atoms with Crippen LogP contribution in [0.4, 0.5) is 10.6 Å². The van der Waals surface area contributed by atoms with Crippen LogP contribution in [0.25, 0.3) is 10.9 Å². The predicted octanol–water partition coefficient (Wildman–Crippen LogP) is 5.85. The molecule has 8 heteroatoms. The normalized spacial score (nSPS) is 23.1. The average Bonchev–Trinajstić information content (AvgIpc) is 2.98. The zero-order valence-electron chi connectivity index (χ0n) is 26.2. The molecule has 3 heterocycles. The number of likely N-dealkylation sites (tertiary alicyclic amines) is 1. The van der Waals surface area contributed by atoms with E-state index in [1.54, 1.807) is 0 Å². The van der Waals surface area contributed by atoms with Crippen LogP contribution in [-0.4, -0.2) is 73.8 Å². The first-order valence-electron chi connectivity index (χ1n) is 16.2. The Morgan fingerprint density at radius 3 is 2.05 bits per heavy atom. The number of carbonyl (C=O) groups is 2. The summed E-state index contributed by atoms with van der Waals surface area (Å²) in [7, 11) is 2.23. The van der Waals surface area contributed by atoms with E-state index in [1.807, 2.05) is 51.1 Å². The van der Waals surface area contributed by atoms with Crippen molar-refractivity contribution in [3.05, 3.63) is 35.9 Å². The van der Waals surface area contributed by atoms with Crippen LogP contribution < -0.4 is 15.5 Å². The third-order valence-corrected chi connectivity index (χ3v) is 9.69. The molecular weight excluding hydrogens is 526 g/mol. The first-order valence-corrected chi connectivity index (χ1v) is 16.2. The van der Waals surface area contributed by atoms with Crippen LogP contribution >= 0.6 is 0 Å². The van der Waals surface area contributed by atoms with Gasteiger partial charge in [0.25, 0.3) is 5.91 Å². The Labute approximate surface area is 251 Å². The maximum Gasteiger partial charge on any atom is 0.407 e. The van der Waals surface area contributed by atoms with Crippen molar-refractivity contribution >= 4 is 28.7 Å². The van der Waals surface area contributed by atoms with Crippen molar-refractivity contribution in [3.8, 4) is 0 Å². The molecule has 1 saturated carbocycles. The Morgan fingerprint density at radius 2 is 1.43 bits per heavy atom. The number of amides is 2. The summed E-state index contributed by atoms with van der Waals surface area (Å²) in [4.78, 5) is 35.4. The van der Waals surface area contributed by atoms with Crippen LogP contribution in [0.1, 0.15) is 82.5 Å². The molecule has 0 atom stereocenters. The summed E-state index contributed by atoms with van der Waals surface area (Å²) in [6, 6.07) is 10.0. The molecule has 1 aromatic heterocycles. The number of ether oxygens (including phenoxy) is 1. The minimum atomic E-state index is -0.482. The molecule has 8 nitrogen and oxygen atoms in total. The molecular formula is C34H51N5O3. The molecule has 230 valence electrons. The Hall–Kier alpha value is -2.87. The van der Waals surface area contributed by atoms with Gasteiger partial charge in [0, 0.05) is 31.6 Å². The van der Waals surface area contributed by atoms with Gasteiger partial charge in [-0.2, -0.15) is 0 Å². The Morgan fingerprint density at radius 1 is 0.857 bits per heavy atom. The van der Waals surface area contributed by atoms with Crippen molar-refractivity contribution in [3.63, 3.8) is 0 Å². The van der Waals surface area contributed by atoms with Crippen LogP contribution in [0.3, 0.4) is 0 Å². The smallest absolute Gasteiger partial charge is 0.407 e. The largest absolute Gasteiger partial charge is 0.444 e. The summed E-state index contributed by atoms with van der Waals surface area (Å²) in [6.45, 7) is 11.4. The van der Waals surface area contributed by atoms with Gasteiger partial charge in [0.1, 0.15) is 11.4 Å². The lowest BCUT2D eigenvalue weighted by molar-refractivity contribution is 0.0512. The number of para-hydroxylation sites is 1. The molecule has 3 fully saturated rings. The Kier molecular flexibility index (Phi) is 9.92. The number of anilines is 1. The van der Waals surface area contributed by atoms with Gasteiger partial charge in [-0.15, -0.1) is 0 Å².